The number of anilines is 1. The van der Waals surface area contributed by atoms with E-state index >= 15 is 0 Å². The summed E-state index contributed by atoms with van der Waals surface area (Å²) in [6, 6.07) is 6.95. The topological polar surface area (TPSA) is 81.4 Å². The number of rotatable bonds is 5. The highest BCUT2D eigenvalue weighted by Gasteiger charge is 2.21. The van der Waals surface area contributed by atoms with Crippen LogP contribution >= 0.6 is 11.3 Å². The standard InChI is InChI=1S/C14H18N2O3S2/c1-9-4-5-13(19-3)12(6-9)16-21(17,18)14-7-11(8-15)20-10(14)2/h4-7,16H,8,15H2,1-3H3. The lowest BCUT2D eigenvalue weighted by Gasteiger charge is -2.12. The predicted molar refractivity (Wildman–Crippen MR) is 85.5 cm³/mol. The van der Waals surface area contributed by atoms with Crippen molar-refractivity contribution in [2.45, 2.75) is 25.3 Å². The van der Waals surface area contributed by atoms with E-state index in [-0.39, 0.29) is 4.90 Å². The van der Waals surface area contributed by atoms with Crippen molar-refractivity contribution in [3.05, 3.63) is 39.6 Å². The van der Waals surface area contributed by atoms with Crippen LogP contribution in [-0.2, 0) is 16.6 Å². The number of sulfonamides is 1. The van der Waals surface area contributed by atoms with Gasteiger partial charge in [-0.25, -0.2) is 8.42 Å². The van der Waals surface area contributed by atoms with Gasteiger partial charge in [0.25, 0.3) is 10.0 Å². The molecule has 114 valence electrons. The summed E-state index contributed by atoms with van der Waals surface area (Å²) >= 11 is 1.39. The fraction of sp³-hybridized carbons (Fsp3) is 0.286. The van der Waals surface area contributed by atoms with Gasteiger partial charge in [0.2, 0.25) is 0 Å². The van der Waals surface area contributed by atoms with Gasteiger partial charge < -0.3 is 10.5 Å². The number of ether oxygens (including phenoxy) is 1. The predicted octanol–water partition coefficient (Wildman–Crippen LogP) is 2.63. The number of methoxy groups -OCH3 is 1. The van der Waals surface area contributed by atoms with Crippen molar-refractivity contribution in [1.29, 1.82) is 0 Å². The number of nitrogens with two attached hydrogens (primary N) is 1. The van der Waals surface area contributed by atoms with Crippen molar-refractivity contribution in [3.8, 4) is 5.75 Å². The highest BCUT2D eigenvalue weighted by Crippen LogP contribution is 2.31. The lowest BCUT2D eigenvalue weighted by molar-refractivity contribution is 0.417. The van der Waals surface area contributed by atoms with Crippen LogP contribution in [0.2, 0.25) is 0 Å². The SMILES string of the molecule is COc1ccc(C)cc1NS(=O)(=O)c1cc(CN)sc1C. The Morgan fingerprint density at radius 3 is 2.57 bits per heavy atom. The number of hydrogen-bond acceptors (Lipinski definition) is 5. The van der Waals surface area contributed by atoms with Crippen LogP contribution in [0.3, 0.4) is 0 Å². The Bertz CT molecular complexity index is 752. The normalized spacial score (nSPS) is 11.4. The van der Waals surface area contributed by atoms with Gasteiger partial charge in [-0.15, -0.1) is 11.3 Å². The molecule has 2 aromatic rings. The van der Waals surface area contributed by atoms with Gasteiger partial charge in [-0.1, -0.05) is 6.07 Å². The van der Waals surface area contributed by atoms with Crippen LogP contribution in [0.1, 0.15) is 15.3 Å². The van der Waals surface area contributed by atoms with Crippen molar-refractivity contribution in [1.82, 2.24) is 0 Å². The van der Waals surface area contributed by atoms with Crippen molar-refractivity contribution < 1.29 is 13.2 Å². The summed E-state index contributed by atoms with van der Waals surface area (Å²) in [7, 11) is -2.15. The van der Waals surface area contributed by atoms with E-state index in [0.29, 0.717) is 18.0 Å². The molecule has 0 saturated carbocycles. The molecule has 0 aliphatic heterocycles. The third-order valence-corrected chi connectivity index (χ3v) is 5.71. The molecular formula is C14H18N2O3S2. The maximum Gasteiger partial charge on any atom is 0.263 e. The van der Waals surface area contributed by atoms with Gasteiger partial charge in [0, 0.05) is 16.3 Å². The zero-order valence-electron chi connectivity index (χ0n) is 12.1. The van der Waals surface area contributed by atoms with Crippen LogP contribution in [0.15, 0.2) is 29.2 Å². The summed E-state index contributed by atoms with van der Waals surface area (Å²) in [6.45, 7) is 3.99. The fourth-order valence-electron chi connectivity index (χ4n) is 1.99. The zero-order chi connectivity index (χ0) is 15.6. The molecule has 7 heteroatoms. The Hall–Kier alpha value is -1.57. The van der Waals surface area contributed by atoms with E-state index in [1.54, 1.807) is 25.1 Å². The summed E-state index contributed by atoms with van der Waals surface area (Å²) < 4.78 is 32.8. The molecule has 21 heavy (non-hydrogen) atoms. The highest BCUT2D eigenvalue weighted by molar-refractivity contribution is 7.93. The van der Waals surface area contributed by atoms with Crippen LogP contribution in [0.4, 0.5) is 5.69 Å². The Balaban J connectivity index is 2.41. The van der Waals surface area contributed by atoms with E-state index in [1.165, 1.54) is 18.4 Å². The summed E-state index contributed by atoms with van der Waals surface area (Å²) in [4.78, 5) is 1.81. The van der Waals surface area contributed by atoms with E-state index < -0.39 is 10.0 Å². The van der Waals surface area contributed by atoms with E-state index in [4.69, 9.17) is 10.5 Å². The number of thiophene rings is 1. The van der Waals surface area contributed by atoms with Crippen LogP contribution in [0.5, 0.6) is 5.75 Å². The van der Waals surface area contributed by atoms with E-state index in [1.807, 2.05) is 13.0 Å². The molecule has 1 heterocycles. The second kappa shape index (κ2) is 6.05. The van der Waals surface area contributed by atoms with Gasteiger partial charge in [-0.2, -0.15) is 0 Å². The molecule has 0 amide bonds. The second-order valence-corrected chi connectivity index (χ2v) is 7.64. The van der Waals surface area contributed by atoms with Gasteiger partial charge in [0.05, 0.1) is 12.8 Å². The monoisotopic (exact) mass is 326 g/mol. The average Bonchev–Trinajstić information content (AvgIpc) is 2.81. The molecule has 0 bridgehead atoms. The molecule has 0 fully saturated rings. The third-order valence-electron chi connectivity index (χ3n) is 3.01. The number of aryl methyl sites for hydroxylation is 2. The minimum absolute atomic E-state index is 0.261. The molecule has 5 nitrogen and oxygen atoms in total. The molecule has 3 N–H and O–H groups in total. The quantitative estimate of drug-likeness (QED) is 0.885. The number of nitrogens with one attached hydrogen (secondary N) is 1. The van der Waals surface area contributed by atoms with Crippen molar-refractivity contribution in [2.24, 2.45) is 5.73 Å². The number of hydrogen-bond donors (Lipinski definition) is 2. The van der Waals surface area contributed by atoms with Crippen molar-refractivity contribution in [3.63, 3.8) is 0 Å². The maximum atomic E-state index is 12.5. The van der Waals surface area contributed by atoms with Gasteiger partial charge in [-0.3, -0.25) is 4.72 Å². The Morgan fingerprint density at radius 1 is 1.29 bits per heavy atom. The van der Waals surface area contributed by atoms with Crippen molar-refractivity contribution >= 4 is 27.0 Å². The molecule has 0 radical (unpaired) electrons. The molecule has 0 saturated heterocycles. The van der Waals surface area contributed by atoms with Crippen LogP contribution in [0.25, 0.3) is 0 Å². The summed E-state index contributed by atoms with van der Waals surface area (Å²) in [5, 5.41) is 0. The second-order valence-electron chi connectivity index (χ2n) is 4.65. The maximum absolute atomic E-state index is 12.5. The molecule has 0 aliphatic carbocycles. The molecular weight excluding hydrogens is 308 g/mol. The molecule has 2 rings (SSSR count). The average molecular weight is 326 g/mol. The zero-order valence-corrected chi connectivity index (χ0v) is 13.8. The summed E-state index contributed by atoms with van der Waals surface area (Å²) in [5.74, 6) is 0.483. The number of benzene rings is 1. The fourth-order valence-corrected chi connectivity index (χ4v) is 4.57. The Morgan fingerprint density at radius 2 is 2.00 bits per heavy atom. The van der Waals surface area contributed by atoms with E-state index in [2.05, 4.69) is 4.72 Å². The summed E-state index contributed by atoms with van der Waals surface area (Å²) in [6.07, 6.45) is 0. The van der Waals surface area contributed by atoms with Gasteiger partial charge in [0.15, 0.2) is 0 Å². The molecule has 1 aromatic carbocycles. The minimum Gasteiger partial charge on any atom is -0.495 e. The van der Waals surface area contributed by atoms with E-state index in [9.17, 15) is 8.42 Å². The molecule has 0 aliphatic rings. The smallest absolute Gasteiger partial charge is 0.263 e. The first-order valence-electron chi connectivity index (χ1n) is 6.34. The molecule has 0 atom stereocenters. The van der Waals surface area contributed by atoms with Crippen molar-refractivity contribution in [2.75, 3.05) is 11.8 Å². The molecule has 0 spiro atoms. The largest absolute Gasteiger partial charge is 0.495 e. The molecule has 0 unspecified atom stereocenters. The Kier molecular flexibility index (Phi) is 4.55. The van der Waals surface area contributed by atoms with Gasteiger partial charge >= 0.3 is 0 Å². The lowest BCUT2D eigenvalue weighted by atomic mass is 10.2. The molecule has 1 aromatic heterocycles. The van der Waals surface area contributed by atoms with E-state index in [0.717, 1.165) is 15.3 Å². The highest BCUT2D eigenvalue weighted by atomic mass is 32.2. The first-order chi connectivity index (χ1) is 9.87. The van der Waals surface area contributed by atoms with Crippen LogP contribution in [0, 0.1) is 13.8 Å². The first kappa shape index (κ1) is 15.8. The summed E-state index contributed by atoms with van der Waals surface area (Å²) in [5.41, 5.74) is 6.94. The first-order valence-corrected chi connectivity index (χ1v) is 8.64. The van der Waals surface area contributed by atoms with Gasteiger partial charge in [-0.05, 0) is 37.6 Å². The van der Waals surface area contributed by atoms with Gasteiger partial charge in [0.1, 0.15) is 10.6 Å². The lowest BCUT2D eigenvalue weighted by Crippen LogP contribution is -2.14. The van der Waals surface area contributed by atoms with Crippen LogP contribution in [-0.4, -0.2) is 15.5 Å². The Labute approximate surface area is 128 Å². The third kappa shape index (κ3) is 3.37. The minimum atomic E-state index is -3.66. The van der Waals surface area contributed by atoms with Crippen LogP contribution < -0.4 is 15.2 Å².